The average Bonchev–Trinajstić information content (AvgIpc) is 2.60. The molecule has 1 heterocycles. The molecular formula is C19H35N3O3. The van der Waals surface area contributed by atoms with Crippen molar-refractivity contribution < 1.29 is 0 Å². The topological polar surface area (TPSA) is 66.0 Å². The predicted molar refractivity (Wildman–Crippen MR) is 102 cm³/mol. The summed E-state index contributed by atoms with van der Waals surface area (Å²) >= 11 is 0. The van der Waals surface area contributed by atoms with Gasteiger partial charge in [0.25, 0.3) is 0 Å². The molecule has 0 saturated heterocycles. The molecule has 6 nitrogen and oxygen atoms in total. The van der Waals surface area contributed by atoms with Crippen LogP contribution in [0.1, 0.15) is 85.0 Å². The van der Waals surface area contributed by atoms with Crippen LogP contribution in [0.25, 0.3) is 0 Å². The van der Waals surface area contributed by atoms with Crippen LogP contribution in [0.15, 0.2) is 14.4 Å². The van der Waals surface area contributed by atoms with E-state index in [2.05, 4.69) is 13.8 Å². The Balaban J connectivity index is 2.92. The zero-order valence-electron chi connectivity index (χ0n) is 16.3. The first kappa shape index (κ1) is 21.5. The normalized spacial score (nSPS) is 11.2. The molecule has 1 rings (SSSR count). The number of unbranched alkanes of at least 4 members (excludes halogenated alkanes) is 8. The fraction of sp³-hybridized carbons (Fsp3) is 0.842. The summed E-state index contributed by atoms with van der Waals surface area (Å²) in [6.07, 6.45) is 10.5. The molecule has 144 valence electrons. The van der Waals surface area contributed by atoms with Gasteiger partial charge in [-0.3, -0.25) is 0 Å². The van der Waals surface area contributed by atoms with Gasteiger partial charge in [-0.1, -0.05) is 65.2 Å². The quantitative estimate of drug-likeness (QED) is 0.512. The highest BCUT2D eigenvalue weighted by Crippen LogP contribution is 2.03. The van der Waals surface area contributed by atoms with Crippen LogP contribution in [-0.4, -0.2) is 13.7 Å². The van der Waals surface area contributed by atoms with E-state index in [4.69, 9.17) is 0 Å². The molecule has 0 aliphatic rings. The molecule has 1 aromatic heterocycles. The van der Waals surface area contributed by atoms with Gasteiger partial charge in [0, 0.05) is 19.6 Å². The molecule has 0 aliphatic carbocycles. The highest BCUT2D eigenvalue weighted by atomic mass is 16.2. The van der Waals surface area contributed by atoms with Crippen LogP contribution < -0.4 is 17.1 Å². The fourth-order valence-electron chi connectivity index (χ4n) is 3.08. The van der Waals surface area contributed by atoms with E-state index >= 15 is 0 Å². The van der Waals surface area contributed by atoms with E-state index in [1.165, 1.54) is 26.5 Å². The standard InChI is InChI=1S/C19H35N3O3/c1-4-7-9-11-13-15-21-17(23)20(6-3)18(24)22(19(21)25)16-14-12-10-8-5-2/h4-16H2,1-3H3. The summed E-state index contributed by atoms with van der Waals surface area (Å²) in [5.41, 5.74) is -1.36. The second kappa shape index (κ2) is 11.9. The molecule has 0 aromatic carbocycles. The molecular weight excluding hydrogens is 318 g/mol. The lowest BCUT2D eigenvalue weighted by Crippen LogP contribution is -2.54. The predicted octanol–water partition coefficient (Wildman–Crippen LogP) is 3.13. The average molecular weight is 354 g/mol. The summed E-state index contributed by atoms with van der Waals surface area (Å²) in [5.74, 6) is 0. The molecule has 25 heavy (non-hydrogen) atoms. The Morgan fingerprint density at radius 3 is 1.24 bits per heavy atom. The van der Waals surface area contributed by atoms with Gasteiger partial charge in [0.05, 0.1) is 0 Å². The van der Waals surface area contributed by atoms with Crippen molar-refractivity contribution in [2.45, 2.75) is 105 Å². The number of nitrogens with zero attached hydrogens (tertiary/aromatic N) is 3. The van der Waals surface area contributed by atoms with Crippen molar-refractivity contribution in [1.82, 2.24) is 13.7 Å². The molecule has 0 bridgehead atoms. The second-order valence-corrected chi connectivity index (χ2v) is 6.72. The van der Waals surface area contributed by atoms with E-state index in [1.54, 1.807) is 6.92 Å². The van der Waals surface area contributed by atoms with E-state index < -0.39 is 17.1 Å². The van der Waals surface area contributed by atoms with Crippen molar-refractivity contribution in [3.8, 4) is 0 Å². The third kappa shape index (κ3) is 6.33. The summed E-state index contributed by atoms with van der Waals surface area (Å²) < 4.78 is 3.69. The molecule has 0 spiro atoms. The zero-order chi connectivity index (χ0) is 18.7. The van der Waals surface area contributed by atoms with Gasteiger partial charge >= 0.3 is 17.1 Å². The minimum absolute atomic E-state index is 0.295. The van der Waals surface area contributed by atoms with E-state index in [0.29, 0.717) is 19.6 Å². The Bertz CT molecular complexity index is 618. The first-order valence-corrected chi connectivity index (χ1v) is 10.0. The van der Waals surface area contributed by atoms with Gasteiger partial charge in [-0.25, -0.2) is 28.1 Å². The SMILES string of the molecule is CCCCCCCn1c(=O)n(CC)c(=O)n(CCCCCCC)c1=O. The molecule has 0 radical (unpaired) electrons. The Morgan fingerprint density at radius 2 is 0.880 bits per heavy atom. The molecule has 0 amide bonds. The Labute approximate surface area is 150 Å². The Morgan fingerprint density at radius 1 is 0.520 bits per heavy atom. The third-order valence-electron chi connectivity index (χ3n) is 4.67. The van der Waals surface area contributed by atoms with Gasteiger partial charge in [0.2, 0.25) is 0 Å². The summed E-state index contributed by atoms with van der Waals surface area (Å²) in [4.78, 5) is 37.5. The summed E-state index contributed by atoms with van der Waals surface area (Å²) in [5, 5.41) is 0. The molecule has 0 saturated carbocycles. The van der Waals surface area contributed by atoms with Gasteiger partial charge in [0.15, 0.2) is 0 Å². The van der Waals surface area contributed by atoms with Crippen molar-refractivity contribution in [1.29, 1.82) is 0 Å². The van der Waals surface area contributed by atoms with Crippen LogP contribution in [-0.2, 0) is 19.6 Å². The van der Waals surface area contributed by atoms with E-state index in [-0.39, 0.29) is 0 Å². The van der Waals surface area contributed by atoms with Gasteiger partial charge in [-0.2, -0.15) is 0 Å². The smallest absolute Gasteiger partial charge is 0.247 e. The maximum Gasteiger partial charge on any atom is 0.336 e. The van der Waals surface area contributed by atoms with Gasteiger partial charge in [-0.15, -0.1) is 0 Å². The molecule has 0 aliphatic heterocycles. The van der Waals surface area contributed by atoms with Gasteiger partial charge in [0.1, 0.15) is 0 Å². The zero-order valence-corrected chi connectivity index (χ0v) is 16.3. The van der Waals surface area contributed by atoms with Crippen molar-refractivity contribution in [3.05, 3.63) is 31.5 Å². The summed E-state index contributed by atoms with van der Waals surface area (Å²) in [6.45, 7) is 7.17. The minimum atomic E-state index is -0.463. The largest absolute Gasteiger partial charge is 0.336 e. The Kier molecular flexibility index (Phi) is 10.2. The molecule has 0 unspecified atom stereocenters. The van der Waals surface area contributed by atoms with Crippen molar-refractivity contribution >= 4 is 0 Å². The van der Waals surface area contributed by atoms with Gasteiger partial charge in [-0.05, 0) is 19.8 Å². The number of rotatable bonds is 13. The van der Waals surface area contributed by atoms with E-state index in [1.807, 2.05) is 0 Å². The highest BCUT2D eigenvalue weighted by molar-refractivity contribution is 4.79. The van der Waals surface area contributed by atoms with Crippen LogP contribution in [0.2, 0.25) is 0 Å². The monoisotopic (exact) mass is 353 g/mol. The van der Waals surface area contributed by atoms with Crippen LogP contribution in [0.5, 0.6) is 0 Å². The second-order valence-electron chi connectivity index (χ2n) is 6.72. The van der Waals surface area contributed by atoms with E-state index in [0.717, 1.165) is 51.4 Å². The van der Waals surface area contributed by atoms with E-state index in [9.17, 15) is 14.4 Å². The van der Waals surface area contributed by atoms with Crippen molar-refractivity contribution in [2.24, 2.45) is 0 Å². The summed E-state index contributed by atoms with van der Waals surface area (Å²) in [6, 6.07) is 0. The van der Waals surface area contributed by atoms with Crippen LogP contribution in [0.3, 0.4) is 0 Å². The lowest BCUT2D eigenvalue weighted by atomic mass is 10.1. The highest BCUT2D eigenvalue weighted by Gasteiger charge is 2.13. The third-order valence-corrected chi connectivity index (χ3v) is 4.67. The maximum absolute atomic E-state index is 12.6. The molecule has 1 aromatic rings. The van der Waals surface area contributed by atoms with Gasteiger partial charge < -0.3 is 0 Å². The lowest BCUT2D eigenvalue weighted by molar-refractivity contribution is 0.426. The summed E-state index contributed by atoms with van der Waals surface area (Å²) in [7, 11) is 0. The molecule has 0 N–H and O–H groups in total. The minimum Gasteiger partial charge on any atom is -0.247 e. The maximum atomic E-state index is 12.6. The van der Waals surface area contributed by atoms with Crippen LogP contribution >= 0.6 is 0 Å². The number of hydrogen-bond donors (Lipinski definition) is 0. The lowest BCUT2D eigenvalue weighted by Gasteiger charge is -2.13. The van der Waals surface area contributed by atoms with Crippen molar-refractivity contribution in [2.75, 3.05) is 0 Å². The number of aromatic nitrogens is 3. The molecule has 0 atom stereocenters. The van der Waals surface area contributed by atoms with Crippen molar-refractivity contribution in [3.63, 3.8) is 0 Å². The first-order chi connectivity index (χ1) is 12.1. The van der Waals surface area contributed by atoms with Crippen LogP contribution in [0.4, 0.5) is 0 Å². The first-order valence-electron chi connectivity index (χ1n) is 10.0. The molecule has 0 fully saturated rings. The van der Waals surface area contributed by atoms with Crippen LogP contribution in [0, 0.1) is 0 Å². The number of hydrogen-bond acceptors (Lipinski definition) is 3. The molecule has 6 heteroatoms. The Hall–Kier alpha value is -1.59. The fourth-order valence-corrected chi connectivity index (χ4v) is 3.08.